The van der Waals surface area contributed by atoms with E-state index < -0.39 is 11.6 Å². The Hall–Kier alpha value is -1.23. The number of halogens is 3. The summed E-state index contributed by atoms with van der Waals surface area (Å²) in [6, 6.07) is 3.48. The van der Waals surface area contributed by atoms with Gasteiger partial charge in [0.05, 0.1) is 5.69 Å². The Morgan fingerprint density at radius 1 is 1.22 bits per heavy atom. The maximum Gasteiger partial charge on any atom is 0.177 e. The van der Waals surface area contributed by atoms with Gasteiger partial charge in [-0.3, -0.25) is 0 Å². The molecule has 5 heteroatoms. The van der Waals surface area contributed by atoms with Crippen molar-refractivity contribution in [2.75, 3.05) is 0 Å². The second kappa shape index (κ2) is 4.46. The predicted octanol–water partition coefficient (Wildman–Crippen LogP) is 3.93. The van der Waals surface area contributed by atoms with E-state index >= 15 is 0 Å². The zero-order chi connectivity index (χ0) is 12.7. The molecule has 0 radical (unpaired) electrons. The van der Waals surface area contributed by atoms with Gasteiger partial charge in [0.2, 0.25) is 0 Å². The normalized spacial score (nSPS) is 14.6. The second-order valence-electron chi connectivity index (χ2n) is 4.41. The first-order valence-corrected chi connectivity index (χ1v) is 6.66. The lowest BCUT2D eigenvalue weighted by Gasteiger charge is -2.16. The van der Waals surface area contributed by atoms with Crippen LogP contribution in [0.2, 0.25) is 0 Å². The summed E-state index contributed by atoms with van der Waals surface area (Å²) in [5.41, 5.74) is 1.78. The Morgan fingerprint density at radius 2 is 2.06 bits per heavy atom. The van der Waals surface area contributed by atoms with E-state index in [0.717, 1.165) is 43.6 Å². The van der Waals surface area contributed by atoms with Gasteiger partial charge in [-0.25, -0.2) is 13.8 Å². The number of hydrogen-bond donors (Lipinski definition) is 0. The molecule has 1 aromatic carbocycles. The number of aromatic nitrogens is 2. The monoisotopic (exact) mass is 312 g/mol. The van der Waals surface area contributed by atoms with Crippen LogP contribution < -0.4 is 0 Å². The molecule has 0 amide bonds. The molecule has 1 aliphatic rings. The Balaban J connectivity index is 2.20. The molecule has 18 heavy (non-hydrogen) atoms. The first-order valence-electron chi connectivity index (χ1n) is 5.87. The number of rotatable bonds is 1. The summed E-state index contributed by atoms with van der Waals surface area (Å²) in [6.45, 7) is 0.875. The van der Waals surface area contributed by atoms with Gasteiger partial charge in [-0.2, -0.15) is 0 Å². The van der Waals surface area contributed by atoms with Gasteiger partial charge >= 0.3 is 0 Å². The SMILES string of the molecule is Fc1ccc(F)c(-c2nc(Br)n3c2CCCC3)c1. The third-order valence-electron chi connectivity index (χ3n) is 3.25. The van der Waals surface area contributed by atoms with Crippen LogP contribution in [0.5, 0.6) is 0 Å². The molecule has 0 unspecified atom stereocenters. The minimum atomic E-state index is -0.444. The fourth-order valence-electron chi connectivity index (χ4n) is 2.39. The molecule has 0 N–H and O–H groups in total. The smallest absolute Gasteiger partial charge is 0.177 e. The fraction of sp³-hybridized carbons (Fsp3) is 0.308. The van der Waals surface area contributed by atoms with Crippen LogP contribution in [0, 0.1) is 11.6 Å². The van der Waals surface area contributed by atoms with Crippen LogP contribution in [-0.4, -0.2) is 9.55 Å². The number of fused-ring (bicyclic) bond motifs is 1. The summed E-state index contributed by atoms with van der Waals surface area (Å²) in [5.74, 6) is -0.879. The van der Waals surface area contributed by atoms with Crippen molar-refractivity contribution in [1.82, 2.24) is 9.55 Å². The van der Waals surface area contributed by atoms with E-state index in [0.29, 0.717) is 10.4 Å². The molecule has 0 saturated heterocycles. The van der Waals surface area contributed by atoms with Crippen LogP contribution in [0.25, 0.3) is 11.3 Å². The van der Waals surface area contributed by atoms with Crippen molar-refractivity contribution in [3.63, 3.8) is 0 Å². The van der Waals surface area contributed by atoms with Gasteiger partial charge in [-0.15, -0.1) is 0 Å². The molecular formula is C13H11BrF2N2. The topological polar surface area (TPSA) is 17.8 Å². The highest BCUT2D eigenvalue weighted by Gasteiger charge is 2.21. The summed E-state index contributed by atoms with van der Waals surface area (Å²) in [4.78, 5) is 4.34. The predicted molar refractivity (Wildman–Crippen MR) is 68.2 cm³/mol. The summed E-state index contributed by atoms with van der Waals surface area (Å²) in [6.07, 6.45) is 3.00. The van der Waals surface area contributed by atoms with Gasteiger partial charge in [0, 0.05) is 17.8 Å². The minimum absolute atomic E-state index is 0.242. The van der Waals surface area contributed by atoms with Gasteiger partial charge in [0.25, 0.3) is 0 Å². The van der Waals surface area contributed by atoms with Crippen LogP contribution in [0.1, 0.15) is 18.5 Å². The number of imidazole rings is 1. The molecule has 1 aliphatic heterocycles. The molecule has 0 fully saturated rings. The Labute approximate surface area is 112 Å². The standard InChI is InChI=1S/C13H11BrF2N2/c14-13-17-12(11-3-1-2-6-18(11)13)9-7-8(15)4-5-10(9)16/h4-5,7H,1-3,6H2. The molecule has 2 heterocycles. The lowest BCUT2D eigenvalue weighted by atomic mass is 10.0. The van der Waals surface area contributed by atoms with Gasteiger partial charge in [0.1, 0.15) is 11.6 Å². The zero-order valence-corrected chi connectivity index (χ0v) is 11.2. The van der Waals surface area contributed by atoms with Crippen LogP contribution >= 0.6 is 15.9 Å². The minimum Gasteiger partial charge on any atom is -0.322 e. The zero-order valence-electron chi connectivity index (χ0n) is 9.59. The van der Waals surface area contributed by atoms with Crippen LogP contribution in [0.3, 0.4) is 0 Å². The molecule has 3 rings (SSSR count). The molecule has 94 valence electrons. The van der Waals surface area contributed by atoms with Crippen molar-refractivity contribution < 1.29 is 8.78 Å². The third-order valence-corrected chi connectivity index (χ3v) is 3.86. The van der Waals surface area contributed by atoms with Crippen molar-refractivity contribution in [1.29, 1.82) is 0 Å². The average molecular weight is 313 g/mol. The van der Waals surface area contributed by atoms with Gasteiger partial charge in [0.15, 0.2) is 4.73 Å². The molecule has 0 bridgehead atoms. The van der Waals surface area contributed by atoms with Crippen molar-refractivity contribution in [2.24, 2.45) is 0 Å². The van der Waals surface area contributed by atoms with Gasteiger partial charge < -0.3 is 4.57 Å². The van der Waals surface area contributed by atoms with E-state index in [4.69, 9.17) is 0 Å². The van der Waals surface area contributed by atoms with Crippen LogP contribution in [-0.2, 0) is 13.0 Å². The average Bonchev–Trinajstić information content (AvgIpc) is 2.71. The summed E-state index contributed by atoms with van der Waals surface area (Å²) in [7, 11) is 0. The van der Waals surface area contributed by atoms with Crippen molar-refractivity contribution in [3.8, 4) is 11.3 Å². The molecule has 0 atom stereocenters. The lowest BCUT2D eigenvalue weighted by Crippen LogP contribution is -2.10. The van der Waals surface area contributed by atoms with E-state index in [1.807, 2.05) is 4.57 Å². The first-order chi connectivity index (χ1) is 8.66. The van der Waals surface area contributed by atoms with Crippen molar-refractivity contribution in [2.45, 2.75) is 25.8 Å². The molecular weight excluding hydrogens is 302 g/mol. The quantitative estimate of drug-likeness (QED) is 0.780. The third kappa shape index (κ3) is 1.86. The van der Waals surface area contributed by atoms with Gasteiger partial charge in [-0.05, 0) is 53.4 Å². The lowest BCUT2D eigenvalue weighted by molar-refractivity contribution is 0.524. The molecule has 1 aromatic heterocycles. The van der Waals surface area contributed by atoms with E-state index in [1.165, 1.54) is 6.07 Å². The van der Waals surface area contributed by atoms with E-state index in [-0.39, 0.29) is 5.56 Å². The highest BCUT2D eigenvalue weighted by atomic mass is 79.9. The Kier molecular flexibility index (Phi) is 2.93. The highest BCUT2D eigenvalue weighted by Crippen LogP contribution is 2.32. The first kappa shape index (κ1) is 11.8. The summed E-state index contributed by atoms with van der Waals surface area (Å²) >= 11 is 3.38. The van der Waals surface area contributed by atoms with Crippen LogP contribution in [0.4, 0.5) is 8.78 Å². The number of nitrogens with zero attached hydrogens (tertiary/aromatic N) is 2. The molecule has 0 aliphatic carbocycles. The molecule has 2 aromatic rings. The maximum absolute atomic E-state index is 13.8. The van der Waals surface area contributed by atoms with Gasteiger partial charge in [-0.1, -0.05) is 0 Å². The number of benzene rings is 1. The summed E-state index contributed by atoms with van der Waals surface area (Å²) < 4.78 is 29.8. The number of hydrogen-bond acceptors (Lipinski definition) is 1. The maximum atomic E-state index is 13.8. The Morgan fingerprint density at radius 3 is 2.89 bits per heavy atom. The second-order valence-corrected chi connectivity index (χ2v) is 5.12. The molecule has 2 nitrogen and oxygen atoms in total. The van der Waals surface area contributed by atoms with Crippen molar-refractivity contribution in [3.05, 3.63) is 40.3 Å². The largest absolute Gasteiger partial charge is 0.322 e. The highest BCUT2D eigenvalue weighted by molar-refractivity contribution is 9.10. The Bertz CT molecular complexity index is 607. The molecule has 0 spiro atoms. The summed E-state index contributed by atoms with van der Waals surface area (Å²) in [5, 5.41) is 0. The fourth-order valence-corrected chi connectivity index (χ4v) is 2.96. The van der Waals surface area contributed by atoms with E-state index in [1.54, 1.807) is 0 Å². The molecule has 0 saturated carbocycles. The van der Waals surface area contributed by atoms with Crippen molar-refractivity contribution >= 4 is 15.9 Å². The van der Waals surface area contributed by atoms with E-state index in [2.05, 4.69) is 20.9 Å². The van der Waals surface area contributed by atoms with E-state index in [9.17, 15) is 8.78 Å². The van der Waals surface area contributed by atoms with Crippen LogP contribution in [0.15, 0.2) is 22.9 Å².